The quantitative estimate of drug-likeness (QED) is 0.820. The first-order valence-corrected chi connectivity index (χ1v) is 7.54. The van der Waals surface area contributed by atoms with Gasteiger partial charge in [0.2, 0.25) is 0 Å². The lowest BCUT2D eigenvalue weighted by molar-refractivity contribution is 0.0647. The van der Waals surface area contributed by atoms with E-state index in [2.05, 4.69) is 17.3 Å². The molecule has 21 heavy (non-hydrogen) atoms. The van der Waals surface area contributed by atoms with Crippen LogP contribution in [0.3, 0.4) is 0 Å². The number of nitrogens with one attached hydrogen (secondary N) is 1. The molecule has 1 atom stereocenters. The Hall–Kier alpha value is -1.72. The molecular formula is C16H21N3O2. The van der Waals surface area contributed by atoms with Crippen molar-refractivity contribution >= 4 is 11.8 Å². The average molecular weight is 287 g/mol. The van der Waals surface area contributed by atoms with Crippen LogP contribution in [0, 0.1) is 0 Å². The number of benzene rings is 1. The van der Waals surface area contributed by atoms with Gasteiger partial charge >= 0.3 is 0 Å². The van der Waals surface area contributed by atoms with E-state index in [4.69, 9.17) is 0 Å². The first-order valence-electron chi connectivity index (χ1n) is 7.54. The molecule has 0 aromatic heterocycles. The molecule has 2 aliphatic rings. The van der Waals surface area contributed by atoms with Gasteiger partial charge in [-0.25, -0.2) is 0 Å². The maximum absolute atomic E-state index is 12.2. The molecule has 0 spiro atoms. The van der Waals surface area contributed by atoms with E-state index in [1.165, 1.54) is 11.3 Å². The van der Waals surface area contributed by atoms with E-state index in [1.54, 1.807) is 24.3 Å². The Morgan fingerprint density at radius 3 is 2.48 bits per heavy atom. The fourth-order valence-electron chi connectivity index (χ4n) is 3.12. The highest BCUT2D eigenvalue weighted by Gasteiger charge is 2.34. The highest BCUT2D eigenvalue weighted by Crippen LogP contribution is 2.22. The Labute approximate surface area is 124 Å². The molecule has 0 radical (unpaired) electrons. The third kappa shape index (κ3) is 2.71. The molecule has 1 fully saturated rings. The van der Waals surface area contributed by atoms with Gasteiger partial charge in [-0.3, -0.25) is 14.5 Å². The van der Waals surface area contributed by atoms with Gasteiger partial charge in [-0.05, 0) is 45.1 Å². The molecular weight excluding hydrogens is 266 g/mol. The second-order valence-corrected chi connectivity index (χ2v) is 5.79. The van der Waals surface area contributed by atoms with Crippen molar-refractivity contribution in [1.29, 1.82) is 0 Å². The number of nitrogens with zero attached hydrogens (tertiary/aromatic N) is 2. The van der Waals surface area contributed by atoms with Crippen molar-refractivity contribution in [1.82, 2.24) is 15.1 Å². The summed E-state index contributed by atoms with van der Waals surface area (Å²) >= 11 is 0. The van der Waals surface area contributed by atoms with Gasteiger partial charge in [0.1, 0.15) is 0 Å². The number of hydrogen-bond acceptors (Lipinski definition) is 4. The van der Waals surface area contributed by atoms with Crippen LogP contribution in [-0.4, -0.2) is 60.9 Å². The third-order valence-electron chi connectivity index (χ3n) is 4.43. The van der Waals surface area contributed by atoms with E-state index in [0.717, 1.165) is 26.1 Å². The molecule has 112 valence electrons. The molecule has 0 aliphatic carbocycles. The standard InChI is InChI=1S/C16H21N3O2/c1-18(12-7-8-17-11-12)9-4-10-19-15(20)13-5-2-3-6-14(13)16(19)21/h2-3,5-6,12,17H,4,7-11H2,1H3. The van der Waals surface area contributed by atoms with Crippen molar-refractivity contribution in [3.8, 4) is 0 Å². The summed E-state index contributed by atoms with van der Waals surface area (Å²) in [5, 5.41) is 3.35. The molecule has 2 aliphatic heterocycles. The van der Waals surface area contributed by atoms with Gasteiger partial charge in [0, 0.05) is 19.1 Å². The van der Waals surface area contributed by atoms with Gasteiger partial charge in [0.15, 0.2) is 0 Å². The van der Waals surface area contributed by atoms with Gasteiger partial charge in [-0.1, -0.05) is 12.1 Å². The summed E-state index contributed by atoms with van der Waals surface area (Å²) < 4.78 is 0. The zero-order valence-corrected chi connectivity index (χ0v) is 12.3. The largest absolute Gasteiger partial charge is 0.315 e. The summed E-state index contributed by atoms with van der Waals surface area (Å²) in [7, 11) is 2.11. The molecule has 0 bridgehead atoms. The van der Waals surface area contributed by atoms with E-state index in [0.29, 0.717) is 23.7 Å². The summed E-state index contributed by atoms with van der Waals surface area (Å²) in [5.74, 6) is -0.304. The molecule has 1 saturated heterocycles. The van der Waals surface area contributed by atoms with Crippen LogP contribution in [0.15, 0.2) is 24.3 Å². The molecule has 1 unspecified atom stereocenters. The Balaban J connectivity index is 1.55. The molecule has 0 saturated carbocycles. The summed E-state index contributed by atoms with van der Waals surface area (Å²) in [5.41, 5.74) is 1.08. The summed E-state index contributed by atoms with van der Waals surface area (Å²) in [6.45, 7) is 3.51. The van der Waals surface area contributed by atoms with Crippen LogP contribution in [0.4, 0.5) is 0 Å². The third-order valence-corrected chi connectivity index (χ3v) is 4.43. The van der Waals surface area contributed by atoms with Gasteiger partial charge in [0.25, 0.3) is 11.8 Å². The molecule has 5 nitrogen and oxygen atoms in total. The number of likely N-dealkylation sites (N-methyl/N-ethyl adjacent to an activating group) is 1. The van der Waals surface area contributed by atoms with Crippen molar-refractivity contribution in [3.63, 3.8) is 0 Å². The lowest BCUT2D eigenvalue weighted by Gasteiger charge is -2.24. The fraction of sp³-hybridized carbons (Fsp3) is 0.500. The molecule has 5 heteroatoms. The van der Waals surface area contributed by atoms with Crippen LogP contribution in [0.25, 0.3) is 0 Å². The topological polar surface area (TPSA) is 52.7 Å². The molecule has 2 heterocycles. The number of carbonyl (C=O) groups is 2. The minimum Gasteiger partial charge on any atom is -0.315 e. The van der Waals surface area contributed by atoms with Gasteiger partial charge in [-0.2, -0.15) is 0 Å². The number of carbonyl (C=O) groups excluding carboxylic acids is 2. The molecule has 2 amide bonds. The Morgan fingerprint density at radius 2 is 1.90 bits per heavy atom. The first kappa shape index (κ1) is 14.2. The van der Waals surface area contributed by atoms with Gasteiger partial charge < -0.3 is 10.2 Å². The minimum absolute atomic E-state index is 0.152. The highest BCUT2D eigenvalue weighted by molar-refractivity contribution is 6.21. The number of hydrogen-bond donors (Lipinski definition) is 1. The summed E-state index contributed by atoms with van der Waals surface area (Å²) in [6.07, 6.45) is 1.99. The maximum atomic E-state index is 12.2. The first-order chi connectivity index (χ1) is 10.2. The Morgan fingerprint density at radius 1 is 1.24 bits per heavy atom. The molecule has 1 aromatic carbocycles. The second kappa shape index (κ2) is 5.95. The Kier molecular flexibility index (Phi) is 4.03. The monoisotopic (exact) mass is 287 g/mol. The van der Waals surface area contributed by atoms with E-state index in [9.17, 15) is 9.59 Å². The van der Waals surface area contributed by atoms with Crippen LogP contribution in [-0.2, 0) is 0 Å². The van der Waals surface area contributed by atoms with E-state index < -0.39 is 0 Å². The fourth-order valence-corrected chi connectivity index (χ4v) is 3.12. The molecule has 1 aromatic rings. The van der Waals surface area contributed by atoms with E-state index in [-0.39, 0.29) is 11.8 Å². The average Bonchev–Trinajstić information content (AvgIpc) is 3.11. The number of amides is 2. The van der Waals surface area contributed by atoms with Gasteiger partial charge in [-0.15, -0.1) is 0 Å². The zero-order valence-electron chi connectivity index (χ0n) is 12.3. The zero-order chi connectivity index (χ0) is 14.8. The van der Waals surface area contributed by atoms with Crippen molar-refractivity contribution in [3.05, 3.63) is 35.4 Å². The Bertz CT molecular complexity index is 517. The van der Waals surface area contributed by atoms with Crippen molar-refractivity contribution in [2.45, 2.75) is 18.9 Å². The lowest BCUT2D eigenvalue weighted by atomic mass is 10.1. The summed E-state index contributed by atoms with van der Waals surface area (Å²) in [6, 6.07) is 7.63. The van der Waals surface area contributed by atoms with Crippen LogP contribution in [0.2, 0.25) is 0 Å². The number of imide groups is 1. The summed E-state index contributed by atoms with van der Waals surface area (Å²) in [4.78, 5) is 28.1. The maximum Gasteiger partial charge on any atom is 0.261 e. The highest BCUT2D eigenvalue weighted by atomic mass is 16.2. The van der Waals surface area contributed by atoms with Crippen molar-refractivity contribution < 1.29 is 9.59 Å². The van der Waals surface area contributed by atoms with Crippen LogP contribution in [0.5, 0.6) is 0 Å². The van der Waals surface area contributed by atoms with E-state index >= 15 is 0 Å². The van der Waals surface area contributed by atoms with Gasteiger partial charge in [0.05, 0.1) is 11.1 Å². The SMILES string of the molecule is CN(CCCN1C(=O)c2ccccc2C1=O)C1CCNC1. The van der Waals surface area contributed by atoms with Crippen LogP contribution < -0.4 is 5.32 Å². The van der Waals surface area contributed by atoms with E-state index in [1.807, 2.05) is 0 Å². The lowest BCUT2D eigenvalue weighted by Crippen LogP contribution is -2.37. The molecule has 1 N–H and O–H groups in total. The second-order valence-electron chi connectivity index (χ2n) is 5.79. The molecule has 3 rings (SSSR count). The van der Waals surface area contributed by atoms with Crippen molar-refractivity contribution in [2.75, 3.05) is 33.2 Å². The smallest absolute Gasteiger partial charge is 0.261 e. The minimum atomic E-state index is -0.152. The van der Waals surface area contributed by atoms with Crippen LogP contribution in [0.1, 0.15) is 33.6 Å². The normalized spacial score (nSPS) is 21.4. The van der Waals surface area contributed by atoms with Crippen molar-refractivity contribution in [2.24, 2.45) is 0 Å². The van der Waals surface area contributed by atoms with Crippen LogP contribution >= 0.6 is 0 Å². The predicted molar refractivity (Wildman–Crippen MR) is 80.3 cm³/mol. The number of rotatable bonds is 5. The predicted octanol–water partition coefficient (Wildman–Crippen LogP) is 0.966. The number of fused-ring (bicyclic) bond motifs is 1.